The molecule has 0 bridgehead atoms. The molecule has 3 aromatic rings. The van der Waals surface area contributed by atoms with Gasteiger partial charge in [0.2, 0.25) is 0 Å². The van der Waals surface area contributed by atoms with Gasteiger partial charge in [0, 0.05) is 14.2 Å². The number of rotatable bonds is 4. The predicted octanol–water partition coefficient (Wildman–Crippen LogP) is 5.19. The fourth-order valence-corrected chi connectivity index (χ4v) is 3.84. The third-order valence-electron chi connectivity index (χ3n) is 3.50. The van der Waals surface area contributed by atoms with Crippen molar-refractivity contribution in [3.05, 3.63) is 93.0 Å². The first-order chi connectivity index (χ1) is 12.5. The molecule has 3 rings (SSSR count). The van der Waals surface area contributed by atoms with Gasteiger partial charge in [-0.1, -0.05) is 54.1 Å². The number of halogens is 2. The van der Waals surface area contributed by atoms with Crippen molar-refractivity contribution in [3.63, 3.8) is 0 Å². The molecule has 0 amide bonds. The highest BCUT2D eigenvalue weighted by molar-refractivity contribution is 14.1. The van der Waals surface area contributed by atoms with Crippen molar-refractivity contribution in [3.8, 4) is 0 Å². The Bertz CT molecular complexity index is 1040. The average molecular weight is 497 g/mol. The summed E-state index contributed by atoms with van der Waals surface area (Å²) in [6, 6.07) is 22.7. The summed E-state index contributed by atoms with van der Waals surface area (Å²) < 4.78 is 30.5. The van der Waals surface area contributed by atoms with Gasteiger partial charge in [-0.05, 0) is 59.0 Å². The van der Waals surface area contributed by atoms with E-state index in [2.05, 4.69) is 32.3 Å². The summed E-state index contributed by atoms with van der Waals surface area (Å²) in [6.45, 7) is 0. The maximum atomic E-state index is 12.7. The maximum absolute atomic E-state index is 12.7. The largest absolute Gasteiger partial charge is 0.338 e. The van der Waals surface area contributed by atoms with E-state index in [1.54, 1.807) is 12.1 Å². The third kappa shape index (κ3) is 4.63. The molecule has 0 atom stereocenters. The number of nitrogens with one attached hydrogen (secondary N) is 1. The molecule has 0 aliphatic carbocycles. The topological polar surface area (TPSA) is 58.5 Å². The number of nitrogens with zero attached hydrogens (tertiary/aromatic N) is 1. The minimum atomic E-state index is -3.89. The zero-order valence-corrected chi connectivity index (χ0v) is 17.2. The molecule has 0 heterocycles. The molecule has 4 nitrogen and oxygen atoms in total. The maximum Gasteiger partial charge on any atom is 0.284 e. The summed E-state index contributed by atoms with van der Waals surface area (Å²) in [5.41, 5.74) is 1.45. The lowest BCUT2D eigenvalue weighted by Gasteiger charge is -2.12. The quantitative estimate of drug-likeness (QED) is 0.307. The molecule has 0 aliphatic rings. The Morgan fingerprint density at radius 1 is 0.885 bits per heavy atom. The fourth-order valence-electron chi connectivity index (χ4n) is 2.21. The van der Waals surface area contributed by atoms with Crippen molar-refractivity contribution in [2.45, 2.75) is 4.90 Å². The summed E-state index contributed by atoms with van der Waals surface area (Å²) in [7, 11) is -3.89. The number of hydrogen-bond acceptors (Lipinski definition) is 2. The van der Waals surface area contributed by atoms with Crippen LogP contribution in [0, 0.1) is 3.57 Å². The summed E-state index contributed by atoms with van der Waals surface area (Å²) in [6.07, 6.45) is 0. The molecule has 26 heavy (non-hydrogen) atoms. The van der Waals surface area contributed by atoms with Crippen molar-refractivity contribution in [2.75, 3.05) is 5.32 Å². The lowest BCUT2D eigenvalue weighted by molar-refractivity contribution is 0.598. The normalized spacial score (nSPS) is 12.0. The number of hydrogen-bond donors (Lipinski definition) is 1. The van der Waals surface area contributed by atoms with Gasteiger partial charge in [0.25, 0.3) is 10.0 Å². The fraction of sp³-hybridized carbons (Fsp3) is 0. The molecule has 0 aromatic heterocycles. The first-order valence-corrected chi connectivity index (χ1v) is 10.5. The Balaban J connectivity index is 2.07. The number of amidine groups is 1. The standard InChI is InChI=1S/C19H14ClIN2O2S/c20-15-10-12-16(13-11-15)26(24,25)23-19(14-6-2-1-3-7-14)22-18-9-5-4-8-17(18)21/h1-13H,(H,22,23). The second-order valence-electron chi connectivity index (χ2n) is 5.34. The third-order valence-corrected chi connectivity index (χ3v) is 5.98. The smallest absolute Gasteiger partial charge is 0.284 e. The van der Waals surface area contributed by atoms with Crippen molar-refractivity contribution >= 4 is 55.7 Å². The highest BCUT2D eigenvalue weighted by Crippen LogP contribution is 2.21. The van der Waals surface area contributed by atoms with Crippen LogP contribution in [0.25, 0.3) is 0 Å². The van der Waals surface area contributed by atoms with Crippen LogP contribution in [-0.4, -0.2) is 14.3 Å². The zero-order valence-electron chi connectivity index (χ0n) is 13.4. The Hall–Kier alpha value is -1.90. The van der Waals surface area contributed by atoms with Gasteiger partial charge in [0.05, 0.1) is 10.6 Å². The lowest BCUT2D eigenvalue weighted by atomic mass is 10.2. The van der Waals surface area contributed by atoms with E-state index in [0.717, 1.165) is 9.26 Å². The van der Waals surface area contributed by atoms with Gasteiger partial charge < -0.3 is 5.32 Å². The second-order valence-corrected chi connectivity index (χ2v) is 8.54. The average Bonchev–Trinajstić information content (AvgIpc) is 2.64. The molecule has 0 saturated heterocycles. The number of sulfonamides is 1. The van der Waals surface area contributed by atoms with Crippen molar-refractivity contribution in [1.82, 2.24) is 0 Å². The van der Waals surface area contributed by atoms with Crippen molar-refractivity contribution in [2.24, 2.45) is 4.40 Å². The van der Waals surface area contributed by atoms with E-state index in [1.165, 1.54) is 24.3 Å². The van der Waals surface area contributed by atoms with Crippen LogP contribution in [0.1, 0.15) is 5.56 Å². The molecule has 0 aliphatic heterocycles. The van der Waals surface area contributed by atoms with E-state index >= 15 is 0 Å². The van der Waals surface area contributed by atoms with Crippen LogP contribution in [0.3, 0.4) is 0 Å². The minimum absolute atomic E-state index is 0.0832. The number of benzene rings is 3. The van der Waals surface area contributed by atoms with Gasteiger partial charge in [0.15, 0.2) is 5.84 Å². The monoisotopic (exact) mass is 496 g/mol. The Morgan fingerprint density at radius 2 is 1.50 bits per heavy atom. The molecule has 1 N–H and O–H groups in total. The van der Waals surface area contributed by atoms with Crippen molar-refractivity contribution in [1.29, 1.82) is 0 Å². The van der Waals surface area contributed by atoms with Gasteiger partial charge in [-0.15, -0.1) is 4.40 Å². The molecule has 7 heteroatoms. The minimum Gasteiger partial charge on any atom is -0.338 e. The van der Waals surface area contributed by atoms with E-state index in [9.17, 15) is 8.42 Å². The summed E-state index contributed by atoms with van der Waals surface area (Å²) in [4.78, 5) is 0.0832. The van der Waals surface area contributed by atoms with Gasteiger partial charge >= 0.3 is 0 Å². The molecule has 0 saturated carbocycles. The SMILES string of the molecule is O=S(=O)(/N=C(\Nc1ccccc1I)c1ccccc1)c1ccc(Cl)cc1. The van der Waals surface area contributed by atoms with Crippen LogP contribution in [0.5, 0.6) is 0 Å². The summed E-state index contributed by atoms with van der Waals surface area (Å²) in [5.74, 6) is 0.254. The van der Waals surface area contributed by atoms with E-state index in [4.69, 9.17) is 11.6 Å². The molecular formula is C19H14ClIN2O2S. The highest BCUT2D eigenvalue weighted by atomic mass is 127. The van der Waals surface area contributed by atoms with Gasteiger partial charge in [-0.25, -0.2) is 0 Å². The van der Waals surface area contributed by atoms with Crippen LogP contribution < -0.4 is 5.32 Å². The van der Waals surface area contributed by atoms with Gasteiger partial charge in [-0.2, -0.15) is 8.42 Å². The predicted molar refractivity (Wildman–Crippen MR) is 114 cm³/mol. The molecule has 132 valence electrons. The molecule has 0 radical (unpaired) electrons. The molecule has 3 aromatic carbocycles. The van der Waals surface area contributed by atoms with Gasteiger partial charge in [-0.3, -0.25) is 0 Å². The summed E-state index contributed by atoms with van der Waals surface area (Å²) >= 11 is 8.03. The van der Waals surface area contributed by atoms with Gasteiger partial charge in [0.1, 0.15) is 0 Å². The lowest BCUT2D eigenvalue weighted by Crippen LogP contribution is -2.17. The highest BCUT2D eigenvalue weighted by Gasteiger charge is 2.16. The van der Waals surface area contributed by atoms with Crippen LogP contribution in [0.15, 0.2) is 88.2 Å². The van der Waals surface area contributed by atoms with E-state index in [-0.39, 0.29) is 10.7 Å². The molecule has 0 unspecified atom stereocenters. The first-order valence-electron chi connectivity index (χ1n) is 7.63. The number of para-hydroxylation sites is 1. The van der Waals surface area contributed by atoms with Crippen LogP contribution >= 0.6 is 34.2 Å². The second kappa shape index (κ2) is 8.20. The van der Waals surface area contributed by atoms with Crippen LogP contribution in [-0.2, 0) is 10.0 Å². The molecular weight excluding hydrogens is 483 g/mol. The van der Waals surface area contributed by atoms with E-state index < -0.39 is 10.0 Å². The zero-order chi connectivity index (χ0) is 18.6. The van der Waals surface area contributed by atoms with Crippen LogP contribution in [0.4, 0.5) is 5.69 Å². The Labute approximate surface area is 171 Å². The summed E-state index contributed by atoms with van der Waals surface area (Å²) in [5, 5.41) is 3.60. The molecule has 0 spiro atoms. The molecule has 0 fully saturated rings. The van der Waals surface area contributed by atoms with Crippen molar-refractivity contribution < 1.29 is 8.42 Å². The van der Waals surface area contributed by atoms with E-state index in [1.807, 2.05) is 42.5 Å². The first kappa shape index (κ1) is 18.9. The Morgan fingerprint density at radius 3 is 2.15 bits per heavy atom. The van der Waals surface area contributed by atoms with E-state index in [0.29, 0.717) is 10.6 Å². The Kier molecular flexibility index (Phi) is 5.95. The number of anilines is 1. The van der Waals surface area contributed by atoms with Crippen LogP contribution in [0.2, 0.25) is 5.02 Å².